The van der Waals surface area contributed by atoms with Crippen LogP contribution in [-0.2, 0) is 9.84 Å². The number of benzene rings is 1. The molecule has 1 aromatic carbocycles. The quantitative estimate of drug-likeness (QED) is 0.900. The molecule has 1 aromatic rings. The van der Waals surface area contributed by atoms with Crippen LogP contribution in [0.25, 0.3) is 0 Å². The summed E-state index contributed by atoms with van der Waals surface area (Å²) in [5.41, 5.74) is 6.19. The summed E-state index contributed by atoms with van der Waals surface area (Å²) in [5.74, 6) is 0.881. The van der Waals surface area contributed by atoms with Gasteiger partial charge in [0, 0.05) is 17.3 Å². The Morgan fingerprint density at radius 3 is 2.86 bits per heavy atom. The van der Waals surface area contributed by atoms with E-state index in [1.807, 2.05) is 12.1 Å². The van der Waals surface area contributed by atoms with E-state index in [-0.39, 0.29) is 17.2 Å². The summed E-state index contributed by atoms with van der Waals surface area (Å²) in [6.07, 6.45) is 4.57. The van der Waals surface area contributed by atoms with Crippen LogP contribution in [0.15, 0.2) is 24.3 Å². The molecule has 1 aliphatic rings. The monoisotopic (exact) mass is 331 g/mol. The second kappa shape index (κ2) is 6.99. The number of ether oxygens (including phenoxy) is 1. The third kappa shape index (κ3) is 4.87. The SMILES string of the molecule is CS(=O)(=O)C1CCCC(C(N)COc2cccc(Cl)c2)C1. The first-order chi connectivity index (χ1) is 9.86. The largest absolute Gasteiger partial charge is 0.492 e. The lowest BCUT2D eigenvalue weighted by molar-refractivity contribution is 0.214. The van der Waals surface area contributed by atoms with Crippen molar-refractivity contribution in [3.05, 3.63) is 29.3 Å². The van der Waals surface area contributed by atoms with Crippen LogP contribution >= 0.6 is 11.6 Å². The predicted molar refractivity (Wildman–Crippen MR) is 85.5 cm³/mol. The van der Waals surface area contributed by atoms with Gasteiger partial charge in [-0.15, -0.1) is 0 Å². The molecular weight excluding hydrogens is 310 g/mol. The Labute approximate surface area is 131 Å². The van der Waals surface area contributed by atoms with Crippen molar-refractivity contribution in [2.75, 3.05) is 12.9 Å². The van der Waals surface area contributed by atoms with Crippen LogP contribution in [0.2, 0.25) is 5.02 Å². The molecule has 0 radical (unpaired) electrons. The van der Waals surface area contributed by atoms with Crippen LogP contribution < -0.4 is 10.5 Å². The molecule has 1 saturated carbocycles. The van der Waals surface area contributed by atoms with E-state index in [1.54, 1.807) is 12.1 Å². The van der Waals surface area contributed by atoms with Crippen molar-refractivity contribution in [2.24, 2.45) is 11.7 Å². The minimum absolute atomic E-state index is 0.159. The fourth-order valence-electron chi connectivity index (χ4n) is 2.84. The molecule has 0 heterocycles. The molecule has 4 nitrogen and oxygen atoms in total. The third-order valence-electron chi connectivity index (χ3n) is 4.12. The van der Waals surface area contributed by atoms with Gasteiger partial charge in [-0.1, -0.05) is 24.1 Å². The molecule has 0 amide bonds. The van der Waals surface area contributed by atoms with Gasteiger partial charge in [0.2, 0.25) is 0 Å². The van der Waals surface area contributed by atoms with E-state index in [9.17, 15) is 8.42 Å². The lowest BCUT2D eigenvalue weighted by Crippen LogP contribution is -2.41. The van der Waals surface area contributed by atoms with Crippen LogP contribution in [0, 0.1) is 5.92 Å². The fraction of sp³-hybridized carbons (Fsp3) is 0.600. The maximum absolute atomic E-state index is 11.7. The molecule has 1 fully saturated rings. The molecule has 3 unspecified atom stereocenters. The average Bonchev–Trinajstić information content (AvgIpc) is 2.44. The molecule has 0 saturated heterocycles. The Hall–Kier alpha value is -0.780. The fourth-order valence-corrected chi connectivity index (χ4v) is 4.22. The first-order valence-corrected chi connectivity index (χ1v) is 9.52. The van der Waals surface area contributed by atoms with Crippen molar-refractivity contribution < 1.29 is 13.2 Å². The zero-order chi connectivity index (χ0) is 15.5. The molecule has 2 N–H and O–H groups in total. The lowest BCUT2D eigenvalue weighted by Gasteiger charge is -2.31. The Morgan fingerprint density at radius 2 is 2.19 bits per heavy atom. The first kappa shape index (κ1) is 16.6. The van der Waals surface area contributed by atoms with Gasteiger partial charge in [0.1, 0.15) is 22.2 Å². The summed E-state index contributed by atoms with van der Waals surface area (Å²) in [6.45, 7) is 0.376. The molecule has 2 rings (SSSR count). The third-order valence-corrected chi connectivity index (χ3v) is 5.99. The zero-order valence-electron chi connectivity index (χ0n) is 12.2. The Balaban J connectivity index is 1.89. The zero-order valence-corrected chi connectivity index (χ0v) is 13.7. The highest BCUT2D eigenvalue weighted by atomic mass is 35.5. The molecule has 6 heteroatoms. The van der Waals surface area contributed by atoms with Crippen molar-refractivity contribution in [2.45, 2.75) is 37.0 Å². The van der Waals surface area contributed by atoms with E-state index in [1.165, 1.54) is 6.26 Å². The van der Waals surface area contributed by atoms with Crippen molar-refractivity contribution in [3.8, 4) is 5.75 Å². The molecular formula is C15H22ClNO3S. The van der Waals surface area contributed by atoms with Crippen LogP contribution in [-0.4, -0.2) is 32.6 Å². The summed E-state index contributed by atoms with van der Waals surface area (Å²) in [4.78, 5) is 0. The standard InChI is InChI=1S/C15H22ClNO3S/c1-21(18,19)14-7-2-4-11(8-14)15(17)10-20-13-6-3-5-12(16)9-13/h3,5-6,9,11,14-15H,2,4,7-8,10,17H2,1H3. The number of sulfone groups is 1. The Bertz CT molecular complexity index is 576. The Morgan fingerprint density at radius 1 is 1.43 bits per heavy atom. The van der Waals surface area contributed by atoms with Gasteiger partial charge in [-0.25, -0.2) is 8.42 Å². The maximum atomic E-state index is 11.7. The highest BCUT2D eigenvalue weighted by Gasteiger charge is 2.31. The molecule has 118 valence electrons. The summed E-state index contributed by atoms with van der Waals surface area (Å²) in [6, 6.07) is 7.02. The minimum Gasteiger partial charge on any atom is -0.492 e. The molecule has 0 aliphatic heterocycles. The number of halogens is 1. The summed E-state index contributed by atoms with van der Waals surface area (Å²) in [7, 11) is -2.98. The smallest absolute Gasteiger partial charge is 0.150 e. The predicted octanol–water partition coefficient (Wildman–Crippen LogP) is 2.65. The molecule has 1 aliphatic carbocycles. The first-order valence-electron chi connectivity index (χ1n) is 7.19. The minimum atomic E-state index is -2.98. The van der Waals surface area contributed by atoms with E-state index < -0.39 is 9.84 Å². The number of hydrogen-bond donors (Lipinski definition) is 1. The average molecular weight is 332 g/mol. The second-order valence-corrected chi connectivity index (χ2v) is 8.57. The molecule has 0 aromatic heterocycles. The summed E-state index contributed by atoms with van der Waals surface area (Å²) >= 11 is 5.90. The Kier molecular flexibility index (Phi) is 5.52. The van der Waals surface area contributed by atoms with Gasteiger partial charge in [-0.05, 0) is 43.4 Å². The van der Waals surface area contributed by atoms with Crippen LogP contribution in [0.1, 0.15) is 25.7 Å². The molecule has 3 atom stereocenters. The van der Waals surface area contributed by atoms with Gasteiger partial charge in [0.15, 0.2) is 0 Å². The lowest BCUT2D eigenvalue weighted by atomic mass is 9.84. The highest BCUT2D eigenvalue weighted by Crippen LogP contribution is 2.30. The van der Waals surface area contributed by atoms with E-state index in [4.69, 9.17) is 22.1 Å². The van der Waals surface area contributed by atoms with Crippen LogP contribution in [0.5, 0.6) is 5.75 Å². The van der Waals surface area contributed by atoms with Gasteiger partial charge < -0.3 is 10.5 Å². The van der Waals surface area contributed by atoms with Crippen molar-refractivity contribution >= 4 is 21.4 Å². The van der Waals surface area contributed by atoms with E-state index in [0.29, 0.717) is 23.8 Å². The van der Waals surface area contributed by atoms with Gasteiger partial charge >= 0.3 is 0 Å². The maximum Gasteiger partial charge on any atom is 0.150 e. The van der Waals surface area contributed by atoms with Crippen molar-refractivity contribution in [1.29, 1.82) is 0 Å². The molecule has 21 heavy (non-hydrogen) atoms. The topological polar surface area (TPSA) is 69.4 Å². The van der Waals surface area contributed by atoms with E-state index >= 15 is 0 Å². The summed E-state index contributed by atoms with van der Waals surface area (Å²) in [5, 5.41) is 0.365. The van der Waals surface area contributed by atoms with Gasteiger partial charge in [-0.2, -0.15) is 0 Å². The highest BCUT2D eigenvalue weighted by molar-refractivity contribution is 7.91. The number of rotatable bonds is 5. The van der Waals surface area contributed by atoms with Gasteiger partial charge in [-0.3, -0.25) is 0 Å². The number of hydrogen-bond acceptors (Lipinski definition) is 4. The van der Waals surface area contributed by atoms with Gasteiger partial charge in [0.25, 0.3) is 0 Å². The summed E-state index contributed by atoms with van der Waals surface area (Å²) < 4.78 is 29.0. The molecule has 0 spiro atoms. The molecule has 0 bridgehead atoms. The van der Waals surface area contributed by atoms with E-state index in [0.717, 1.165) is 19.3 Å². The number of nitrogens with two attached hydrogens (primary N) is 1. The van der Waals surface area contributed by atoms with Crippen LogP contribution in [0.3, 0.4) is 0 Å². The van der Waals surface area contributed by atoms with E-state index in [2.05, 4.69) is 0 Å². The van der Waals surface area contributed by atoms with Crippen molar-refractivity contribution in [3.63, 3.8) is 0 Å². The second-order valence-electron chi connectivity index (χ2n) is 5.81. The van der Waals surface area contributed by atoms with Crippen molar-refractivity contribution in [1.82, 2.24) is 0 Å². The normalized spacial score (nSPS) is 24.5. The van der Waals surface area contributed by atoms with Crippen LogP contribution in [0.4, 0.5) is 0 Å². The van der Waals surface area contributed by atoms with Gasteiger partial charge in [0.05, 0.1) is 5.25 Å².